The Hall–Kier alpha value is -3.26. The predicted octanol–water partition coefficient (Wildman–Crippen LogP) is 0.812. The average Bonchev–Trinajstić information content (AvgIpc) is 2.60. The van der Waals surface area contributed by atoms with Gasteiger partial charge in [-0.05, 0) is 17.2 Å². The Balaban J connectivity index is 1.85. The zero-order valence-electron chi connectivity index (χ0n) is 13.2. The number of carbonyl (C=O) groups excluding carboxylic acids is 1. The molecular formula is C17H17N3O5. The summed E-state index contributed by atoms with van der Waals surface area (Å²) in [6.45, 7) is 0.209. The van der Waals surface area contributed by atoms with Gasteiger partial charge >= 0.3 is 11.9 Å². The van der Waals surface area contributed by atoms with Crippen molar-refractivity contribution in [3.63, 3.8) is 0 Å². The highest BCUT2D eigenvalue weighted by Crippen LogP contribution is 2.12. The first-order valence-electron chi connectivity index (χ1n) is 7.43. The molecule has 1 heterocycles. The Kier molecular flexibility index (Phi) is 6.19. The maximum atomic E-state index is 11.9. The van der Waals surface area contributed by atoms with Gasteiger partial charge in [-0.1, -0.05) is 36.4 Å². The van der Waals surface area contributed by atoms with Crippen LogP contribution in [0.3, 0.4) is 0 Å². The number of hydrogen-bond acceptors (Lipinski definition) is 5. The smallest absolute Gasteiger partial charge is 0.354 e. The summed E-state index contributed by atoms with van der Waals surface area (Å²) in [5, 5.41) is 23.3. The van der Waals surface area contributed by atoms with Gasteiger partial charge < -0.3 is 20.8 Å². The molecule has 0 aliphatic rings. The molecule has 1 unspecified atom stereocenters. The van der Waals surface area contributed by atoms with Crippen molar-refractivity contribution in [3.8, 4) is 0 Å². The first-order valence-corrected chi connectivity index (χ1v) is 7.43. The maximum Gasteiger partial charge on any atom is 0.354 e. The highest BCUT2D eigenvalue weighted by Gasteiger charge is 2.21. The van der Waals surface area contributed by atoms with E-state index in [-0.39, 0.29) is 12.2 Å². The second-order valence-corrected chi connectivity index (χ2v) is 5.21. The minimum Gasteiger partial charge on any atom is -0.479 e. The van der Waals surface area contributed by atoms with Crippen LogP contribution in [0.25, 0.3) is 0 Å². The number of aromatic nitrogens is 1. The van der Waals surface area contributed by atoms with Crippen LogP contribution in [-0.2, 0) is 16.1 Å². The number of carbonyl (C=O) groups is 3. The van der Waals surface area contributed by atoms with Gasteiger partial charge in [0, 0.05) is 12.7 Å². The molecule has 1 amide bonds. The third-order valence-electron chi connectivity index (χ3n) is 3.34. The Bertz CT molecular complexity index is 747. The Morgan fingerprint density at radius 1 is 1.04 bits per heavy atom. The molecule has 0 saturated carbocycles. The molecule has 0 radical (unpaired) electrons. The minimum absolute atomic E-state index is 0.0614. The average molecular weight is 343 g/mol. The summed E-state index contributed by atoms with van der Waals surface area (Å²) in [4.78, 5) is 37.7. The minimum atomic E-state index is -1.15. The molecule has 8 heteroatoms. The van der Waals surface area contributed by atoms with Crippen LogP contribution in [0.1, 0.15) is 27.7 Å². The van der Waals surface area contributed by atoms with Gasteiger partial charge in [0.1, 0.15) is 5.69 Å². The number of pyridine rings is 1. The van der Waals surface area contributed by atoms with Crippen LogP contribution in [0.15, 0.2) is 48.7 Å². The fourth-order valence-corrected chi connectivity index (χ4v) is 2.12. The normalized spacial score (nSPS) is 11.5. The standard InChI is InChI=1S/C17H17N3O5/c21-14(20-15(17(24)25)12-4-2-1-3-5-12)10-18-8-11-6-7-13(16(22)23)19-9-11/h1-7,9,15,18H,8,10H2,(H,20,21)(H,22,23)(H,24,25). The van der Waals surface area contributed by atoms with Crippen molar-refractivity contribution >= 4 is 17.8 Å². The van der Waals surface area contributed by atoms with E-state index in [2.05, 4.69) is 15.6 Å². The van der Waals surface area contributed by atoms with Crippen molar-refractivity contribution < 1.29 is 24.6 Å². The lowest BCUT2D eigenvalue weighted by Gasteiger charge is -2.15. The van der Waals surface area contributed by atoms with E-state index in [9.17, 15) is 19.5 Å². The quantitative estimate of drug-likeness (QED) is 0.558. The first kappa shape index (κ1) is 18.1. The topological polar surface area (TPSA) is 129 Å². The molecule has 8 nitrogen and oxygen atoms in total. The molecule has 0 saturated heterocycles. The third-order valence-corrected chi connectivity index (χ3v) is 3.34. The molecule has 0 fully saturated rings. The molecule has 0 aliphatic carbocycles. The van der Waals surface area contributed by atoms with Crippen LogP contribution >= 0.6 is 0 Å². The Labute approximate surface area is 143 Å². The SMILES string of the molecule is O=C(CNCc1ccc(C(=O)O)nc1)NC(C(=O)O)c1ccccc1. The summed E-state index contributed by atoms with van der Waals surface area (Å²) >= 11 is 0. The van der Waals surface area contributed by atoms with E-state index in [0.29, 0.717) is 17.7 Å². The maximum absolute atomic E-state index is 11.9. The van der Waals surface area contributed by atoms with E-state index in [1.807, 2.05) is 0 Å². The van der Waals surface area contributed by atoms with E-state index >= 15 is 0 Å². The summed E-state index contributed by atoms with van der Waals surface area (Å²) in [5.74, 6) is -2.72. The van der Waals surface area contributed by atoms with Gasteiger partial charge in [-0.15, -0.1) is 0 Å². The fourth-order valence-electron chi connectivity index (χ4n) is 2.12. The predicted molar refractivity (Wildman–Crippen MR) is 87.9 cm³/mol. The van der Waals surface area contributed by atoms with Crippen molar-refractivity contribution in [1.29, 1.82) is 0 Å². The number of hydrogen-bond donors (Lipinski definition) is 4. The monoisotopic (exact) mass is 343 g/mol. The molecule has 2 rings (SSSR count). The van der Waals surface area contributed by atoms with Crippen LogP contribution in [0.2, 0.25) is 0 Å². The van der Waals surface area contributed by atoms with Gasteiger partial charge in [0.05, 0.1) is 6.54 Å². The number of nitrogens with zero attached hydrogens (tertiary/aromatic N) is 1. The lowest BCUT2D eigenvalue weighted by atomic mass is 10.1. The number of amides is 1. The van der Waals surface area contributed by atoms with Crippen LogP contribution in [0.4, 0.5) is 0 Å². The van der Waals surface area contributed by atoms with E-state index in [1.54, 1.807) is 36.4 Å². The number of benzene rings is 1. The number of nitrogens with one attached hydrogen (secondary N) is 2. The van der Waals surface area contributed by atoms with Crippen molar-refractivity contribution in [1.82, 2.24) is 15.6 Å². The van der Waals surface area contributed by atoms with Gasteiger partial charge in [0.25, 0.3) is 0 Å². The summed E-state index contributed by atoms with van der Waals surface area (Å²) in [5.41, 5.74) is 1.13. The largest absolute Gasteiger partial charge is 0.479 e. The van der Waals surface area contributed by atoms with Gasteiger partial charge in [0.2, 0.25) is 5.91 Å². The molecule has 0 aliphatic heterocycles. The zero-order valence-corrected chi connectivity index (χ0v) is 13.2. The number of carboxylic acids is 2. The molecule has 0 spiro atoms. The van der Waals surface area contributed by atoms with Gasteiger partial charge in [-0.25, -0.2) is 14.6 Å². The van der Waals surface area contributed by atoms with Gasteiger partial charge in [-0.3, -0.25) is 4.79 Å². The third kappa shape index (κ3) is 5.40. The lowest BCUT2D eigenvalue weighted by Crippen LogP contribution is -2.39. The first-order chi connectivity index (χ1) is 12.0. The molecular weight excluding hydrogens is 326 g/mol. The summed E-state index contributed by atoms with van der Waals surface area (Å²) in [6.07, 6.45) is 1.40. The van der Waals surface area contributed by atoms with Crippen LogP contribution < -0.4 is 10.6 Å². The number of aromatic carboxylic acids is 1. The molecule has 4 N–H and O–H groups in total. The van der Waals surface area contributed by atoms with Crippen LogP contribution in [0, 0.1) is 0 Å². The van der Waals surface area contributed by atoms with Crippen molar-refractivity contribution in [2.45, 2.75) is 12.6 Å². The van der Waals surface area contributed by atoms with Gasteiger partial charge in [0.15, 0.2) is 6.04 Å². The Morgan fingerprint density at radius 2 is 1.76 bits per heavy atom. The van der Waals surface area contributed by atoms with Crippen molar-refractivity contribution in [2.75, 3.05) is 6.54 Å². The van der Waals surface area contributed by atoms with Gasteiger partial charge in [-0.2, -0.15) is 0 Å². The molecule has 0 bridgehead atoms. The molecule has 130 valence electrons. The fraction of sp³-hybridized carbons (Fsp3) is 0.176. The lowest BCUT2D eigenvalue weighted by molar-refractivity contribution is -0.141. The highest BCUT2D eigenvalue weighted by atomic mass is 16.4. The van der Waals surface area contributed by atoms with Crippen LogP contribution in [-0.4, -0.2) is 39.6 Å². The second kappa shape index (κ2) is 8.55. The van der Waals surface area contributed by atoms with Crippen molar-refractivity contribution in [3.05, 3.63) is 65.5 Å². The number of carboxylic acid groups (broad SMARTS) is 2. The summed E-state index contributed by atoms with van der Waals surface area (Å²) in [6, 6.07) is 10.2. The second-order valence-electron chi connectivity index (χ2n) is 5.21. The molecule has 1 atom stereocenters. The van der Waals surface area contributed by atoms with Crippen molar-refractivity contribution in [2.24, 2.45) is 0 Å². The molecule has 25 heavy (non-hydrogen) atoms. The van der Waals surface area contributed by atoms with E-state index in [1.165, 1.54) is 12.3 Å². The van der Waals surface area contributed by atoms with E-state index < -0.39 is 23.9 Å². The zero-order chi connectivity index (χ0) is 18.2. The van der Waals surface area contributed by atoms with E-state index in [4.69, 9.17) is 5.11 Å². The Morgan fingerprint density at radius 3 is 2.32 bits per heavy atom. The highest BCUT2D eigenvalue weighted by molar-refractivity contribution is 5.86. The number of aliphatic carboxylic acids is 1. The summed E-state index contributed by atoms with van der Waals surface area (Å²) < 4.78 is 0. The molecule has 1 aromatic carbocycles. The summed E-state index contributed by atoms with van der Waals surface area (Å²) in [7, 11) is 0. The van der Waals surface area contributed by atoms with Crippen LogP contribution in [0.5, 0.6) is 0 Å². The van der Waals surface area contributed by atoms with E-state index in [0.717, 1.165) is 0 Å². The molecule has 1 aromatic heterocycles. The molecule has 2 aromatic rings. The number of rotatable bonds is 8.